The quantitative estimate of drug-likeness (QED) is 0.709. The maximum Gasteiger partial charge on any atom is 0.228 e. The van der Waals surface area contributed by atoms with Crippen LogP contribution in [0.5, 0.6) is 0 Å². The first kappa shape index (κ1) is 14.3. The minimum Gasteiger partial charge on any atom is -0.381 e. The number of hydrogen-bond donors (Lipinski definition) is 2. The normalized spacial score (nSPS) is 27.3. The van der Waals surface area contributed by atoms with E-state index in [1.165, 1.54) is 0 Å². The maximum atomic E-state index is 12.3. The van der Waals surface area contributed by atoms with E-state index in [0.717, 1.165) is 25.8 Å². The van der Waals surface area contributed by atoms with Crippen LogP contribution in [0.4, 0.5) is 0 Å². The fourth-order valence-electron chi connectivity index (χ4n) is 2.72. The van der Waals surface area contributed by atoms with E-state index >= 15 is 0 Å². The second-order valence-corrected chi connectivity index (χ2v) is 5.26. The third-order valence-corrected chi connectivity index (χ3v) is 3.83. The molecule has 108 valence electrons. The molecule has 19 heavy (non-hydrogen) atoms. The van der Waals surface area contributed by atoms with Gasteiger partial charge in [-0.15, -0.1) is 0 Å². The van der Waals surface area contributed by atoms with E-state index in [4.69, 9.17) is 10.5 Å². The number of carbonyl (C=O) groups is 2. The molecule has 0 aromatic carbocycles. The molecule has 0 aromatic heterocycles. The highest BCUT2D eigenvalue weighted by Gasteiger charge is 2.33. The van der Waals surface area contributed by atoms with Crippen LogP contribution in [0, 0.1) is 11.8 Å². The molecular weight excluding hydrogens is 246 g/mol. The molecule has 0 aliphatic carbocycles. The Hall–Kier alpha value is -1.14. The van der Waals surface area contributed by atoms with E-state index in [1.54, 1.807) is 0 Å². The van der Waals surface area contributed by atoms with Crippen LogP contribution < -0.4 is 11.1 Å². The van der Waals surface area contributed by atoms with E-state index in [2.05, 4.69) is 5.32 Å². The van der Waals surface area contributed by atoms with Gasteiger partial charge in [0.25, 0.3) is 0 Å². The summed E-state index contributed by atoms with van der Waals surface area (Å²) in [4.78, 5) is 26.0. The van der Waals surface area contributed by atoms with Crippen molar-refractivity contribution in [2.24, 2.45) is 17.6 Å². The lowest BCUT2D eigenvalue weighted by atomic mass is 9.95. The van der Waals surface area contributed by atoms with Gasteiger partial charge in [-0.1, -0.05) is 0 Å². The largest absolute Gasteiger partial charge is 0.381 e. The Balaban J connectivity index is 1.85. The van der Waals surface area contributed by atoms with Gasteiger partial charge in [0.1, 0.15) is 0 Å². The Morgan fingerprint density at radius 2 is 2.16 bits per heavy atom. The molecular formula is C13H23N3O3. The Labute approximate surface area is 113 Å². The van der Waals surface area contributed by atoms with Crippen molar-refractivity contribution in [2.75, 3.05) is 39.4 Å². The average Bonchev–Trinajstić information content (AvgIpc) is 2.98. The second kappa shape index (κ2) is 6.86. The molecule has 2 aliphatic heterocycles. The number of hydrogen-bond acceptors (Lipinski definition) is 4. The molecule has 2 amide bonds. The van der Waals surface area contributed by atoms with E-state index in [9.17, 15) is 9.59 Å². The van der Waals surface area contributed by atoms with Gasteiger partial charge in [-0.25, -0.2) is 0 Å². The lowest BCUT2D eigenvalue weighted by Crippen LogP contribution is -2.47. The number of nitrogens with one attached hydrogen (secondary N) is 1. The lowest BCUT2D eigenvalue weighted by molar-refractivity contribution is -0.139. The number of amides is 2. The van der Waals surface area contributed by atoms with E-state index < -0.39 is 0 Å². The van der Waals surface area contributed by atoms with Crippen molar-refractivity contribution < 1.29 is 14.3 Å². The Kier molecular flexibility index (Phi) is 5.15. The molecule has 2 rings (SSSR count). The zero-order chi connectivity index (χ0) is 13.7. The summed E-state index contributed by atoms with van der Waals surface area (Å²) in [6, 6.07) is 0. The highest BCUT2D eigenvalue weighted by atomic mass is 16.5. The summed E-state index contributed by atoms with van der Waals surface area (Å²) < 4.78 is 5.26. The monoisotopic (exact) mass is 269 g/mol. The van der Waals surface area contributed by atoms with Gasteiger partial charge in [0.15, 0.2) is 0 Å². The average molecular weight is 269 g/mol. The third-order valence-electron chi connectivity index (χ3n) is 3.83. The van der Waals surface area contributed by atoms with Gasteiger partial charge in [-0.3, -0.25) is 9.59 Å². The van der Waals surface area contributed by atoms with Crippen molar-refractivity contribution >= 4 is 11.8 Å². The summed E-state index contributed by atoms with van der Waals surface area (Å²) in [5.74, 6) is 0.0665. The molecule has 2 heterocycles. The van der Waals surface area contributed by atoms with Crippen molar-refractivity contribution in [1.29, 1.82) is 0 Å². The number of ether oxygens (including phenoxy) is 1. The first-order valence-electron chi connectivity index (χ1n) is 7.06. The number of nitrogens with zero attached hydrogens (tertiary/aromatic N) is 1. The molecule has 2 saturated heterocycles. The van der Waals surface area contributed by atoms with Gasteiger partial charge in [0.2, 0.25) is 11.8 Å². The molecule has 0 radical (unpaired) electrons. The number of likely N-dealkylation sites (tertiary alicyclic amines) is 1. The summed E-state index contributed by atoms with van der Waals surface area (Å²) >= 11 is 0. The molecule has 2 aliphatic rings. The van der Waals surface area contributed by atoms with Gasteiger partial charge in [0.05, 0.1) is 18.4 Å². The topological polar surface area (TPSA) is 84.7 Å². The number of nitrogens with two attached hydrogens (primary N) is 1. The summed E-state index contributed by atoms with van der Waals surface area (Å²) in [6.45, 7) is 3.44. The van der Waals surface area contributed by atoms with Gasteiger partial charge in [-0.05, 0) is 19.3 Å². The van der Waals surface area contributed by atoms with Gasteiger partial charge in [0, 0.05) is 32.8 Å². The smallest absolute Gasteiger partial charge is 0.228 e. The fourth-order valence-corrected chi connectivity index (χ4v) is 2.72. The van der Waals surface area contributed by atoms with Crippen molar-refractivity contribution in [1.82, 2.24) is 10.2 Å². The molecule has 0 saturated carbocycles. The van der Waals surface area contributed by atoms with Gasteiger partial charge < -0.3 is 20.7 Å². The predicted octanol–water partition coefficient (Wildman–Crippen LogP) is -0.664. The Morgan fingerprint density at radius 1 is 1.32 bits per heavy atom. The Morgan fingerprint density at radius 3 is 2.84 bits per heavy atom. The fraction of sp³-hybridized carbons (Fsp3) is 0.846. The highest BCUT2D eigenvalue weighted by Crippen LogP contribution is 2.21. The molecule has 0 spiro atoms. The standard InChI is InChI=1S/C13H23N3O3/c14-4-5-15-12(17)10-2-1-6-16(8-10)13(18)11-3-7-19-9-11/h10-11H,1-9,14H2,(H,15,17). The maximum absolute atomic E-state index is 12.3. The minimum atomic E-state index is -0.0911. The van der Waals surface area contributed by atoms with Gasteiger partial charge in [-0.2, -0.15) is 0 Å². The summed E-state index contributed by atoms with van der Waals surface area (Å²) in [5.41, 5.74) is 5.37. The van der Waals surface area contributed by atoms with Crippen LogP contribution in [0.15, 0.2) is 0 Å². The first-order chi connectivity index (χ1) is 9.22. The zero-order valence-corrected chi connectivity index (χ0v) is 11.3. The number of carbonyl (C=O) groups excluding carboxylic acids is 2. The number of piperidine rings is 1. The molecule has 3 N–H and O–H groups in total. The highest BCUT2D eigenvalue weighted by molar-refractivity contribution is 5.82. The molecule has 2 unspecified atom stereocenters. The molecule has 6 heteroatoms. The predicted molar refractivity (Wildman–Crippen MR) is 70.3 cm³/mol. The van der Waals surface area contributed by atoms with Crippen molar-refractivity contribution in [3.05, 3.63) is 0 Å². The van der Waals surface area contributed by atoms with Gasteiger partial charge >= 0.3 is 0 Å². The van der Waals surface area contributed by atoms with Crippen LogP contribution in [-0.2, 0) is 14.3 Å². The molecule has 0 aromatic rings. The van der Waals surface area contributed by atoms with Crippen LogP contribution in [0.2, 0.25) is 0 Å². The van der Waals surface area contributed by atoms with Crippen molar-refractivity contribution in [3.63, 3.8) is 0 Å². The van der Waals surface area contributed by atoms with E-state index in [1.807, 2.05) is 4.90 Å². The minimum absolute atomic E-state index is 0.00847. The molecule has 2 fully saturated rings. The van der Waals surface area contributed by atoms with Crippen LogP contribution >= 0.6 is 0 Å². The Bertz CT molecular complexity index is 329. The summed E-state index contributed by atoms with van der Waals surface area (Å²) in [7, 11) is 0. The molecule has 2 atom stereocenters. The molecule has 0 bridgehead atoms. The third kappa shape index (κ3) is 3.67. The lowest BCUT2D eigenvalue weighted by Gasteiger charge is -2.33. The van der Waals surface area contributed by atoms with Crippen molar-refractivity contribution in [2.45, 2.75) is 19.3 Å². The van der Waals surface area contributed by atoms with E-state index in [0.29, 0.717) is 32.8 Å². The number of rotatable bonds is 4. The van der Waals surface area contributed by atoms with Crippen LogP contribution in [0.25, 0.3) is 0 Å². The summed E-state index contributed by atoms with van der Waals surface area (Å²) in [5, 5.41) is 2.80. The van der Waals surface area contributed by atoms with Crippen LogP contribution in [-0.4, -0.2) is 56.1 Å². The SMILES string of the molecule is NCCNC(=O)C1CCCN(C(=O)C2CCOC2)C1. The second-order valence-electron chi connectivity index (χ2n) is 5.26. The van der Waals surface area contributed by atoms with Crippen LogP contribution in [0.3, 0.4) is 0 Å². The molecule has 6 nitrogen and oxygen atoms in total. The van der Waals surface area contributed by atoms with Crippen LogP contribution in [0.1, 0.15) is 19.3 Å². The first-order valence-corrected chi connectivity index (χ1v) is 7.06. The summed E-state index contributed by atoms with van der Waals surface area (Å²) in [6.07, 6.45) is 2.54. The van der Waals surface area contributed by atoms with Crippen molar-refractivity contribution in [3.8, 4) is 0 Å². The van der Waals surface area contributed by atoms with E-state index in [-0.39, 0.29) is 23.7 Å². The zero-order valence-electron chi connectivity index (χ0n) is 11.3.